The Hall–Kier alpha value is -0.650. The van der Waals surface area contributed by atoms with Gasteiger partial charge in [0.1, 0.15) is 0 Å². The first-order valence-corrected chi connectivity index (χ1v) is 6.87. The lowest BCUT2D eigenvalue weighted by Crippen LogP contribution is -2.51. The molecule has 0 radical (unpaired) electrons. The van der Waals surface area contributed by atoms with Crippen molar-refractivity contribution in [1.29, 1.82) is 0 Å². The number of ether oxygens (including phenoxy) is 1. The first-order chi connectivity index (χ1) is 8.62. The average Bonchev–Trinajstić information content (AvgIpc) is 2.43. The summed E-state index contributed by atoms with van der Waals surface area (Å²) in [7, 11) is 1.60. The van der Waals surface area contributed by atoms with Crippen LogP contribution in [0.3, 0.4) is 0 Å². The third-order valence-electron chi connectivity index (χ3n) is 3.88. The summed E-state index contributed by atoms with van der Waals surface area (Å²) in [5.41, 5.74) is 5.54. The molecular weight excluding hydrogens is 230 g/mol. The summed E-state index contributed by atoms with van der Waals surface area (Å²) in [4.78, 5) is 16.4. The number of hydrogen-bond donors (Lipinski definition) is 1. The molecule has 0 aromatic rings. The van der Waals surface area contributed by atoms with Gasteiger partial charge in [0.2, 0.25) is 5.91 Å². The van der Waals surface area contributed by atoms with E-state index in [1.54, 1.807) is 7.11 Å². The second kappa shape index (κ2) is 7.71. The molecule has 1 aliphatic rings. The number of nitrogens with zero attached hydrogens (tertiary/aromatic N) is 2. The highest BCUT2D eigenvalue weighted by atomic mass is 16.5. The van der Waals surface area contributed by atoms with Gasteiger partial charge in [0.05, 0.1) is 12.5 Å². The van der Waals surface area contributed by atoms with Gasteiger partial charge >= 0.3 is 0 Å². The van der Waals surface area contributed by atoms with Crippen LogP contribution in [0.2, 0.25) is 0 Å². The minimum atomic E-state index is -0.148. The van der Waals surface area contributed by atoms with E-state index in [-0.39, 0.29) is 12.0 Å². The molecule has 5 heteroatoms. The molecule has 5 nitrogen and oxygen atoms in total. The SMILES string of the molecule is CCC(C)N1CCN(C(=O)CC(CN)OC)CC1. The molecule has 1 fully saturated rings. The zero-order valence-corrected chi connectivity index (χ0v) is 11.9. The molecular formula is C13H27N3O2. The van der Waals surface area contributed by atoms with Crippen LogP contribution in [-0.2, 0) is 9.53 Å². The van der Waals surface area contributed by atoms with E-state index < -0.39 is 0 Å². The van der Waals surface area contributed by atoms with E-state index in [1.807, 2.05) is 4.90 Å². The summed E-state index contributed by atoms with van der Waals surface area (Å²) in [5, 5.41) is 0. The average molecular weight is 257 g/mol. The van der Waals surface area contributed by atoms with Gasteiger partial charge in [-0.1, -0.05) is 6.92 Å². The van der Waals surface area contributed by atoms with Gasteiger partial charge in [-0.2, -0.15) is 0 Å². The molecule has 1 aliphatic heterocycles. The largest absolute Gasteiger partial charge is 0.380 e. The van der Waals surface area contributed by atoms with Gasteiger partial charge < -0.3 is 15.4 Å². The van der Waals surface area contributed by atoms with Crippen molar-refractivity contribution in [2.75, 3.05) is 39.8 Å². The van der Waals surface area contributed by atoms with E-state index in [9.17, 15) is 4.79 Å². The van der Waals surface area contributed by atoms with Gasteiger partial charge in [-0.05, 0) is 13.3 Å². The van der Waals surface area contributed by atoms with Crippen LogP contribution < -0.4 is 5.73 Å². The van der Waals surface area contributed by atoms with Crippen molar-refractivity contribution in [3.63, 3.8) is 0 Å². The van der Waals surface area contributed by atoms with E-state index in [0.717, 1.165) is 32.6 Å². The third-order valence-corrected chi connectivity index (χ3v) is 3.88. The Labute approximate surface area is 110 Å². The number of nitrogens with two attached hydrogens (primary N) is 1. The van der Waals surface area contributed by atoms with Crippen LogP contribution in [0.15, 0.2) is 0 Å². The fourth-order valence-electron chi connectivity index (χ4n) is 2.26. The molecule has 2 atom stereocenters. The summed E-state index contributed by atoms with van der Waals surface area (Å²) >= 11 is 0. The maximum absolute atomic E-state index is 12.0. The first-order valence-electron chi connectivity index (χ1n) is 6.87. The fraction of sp³-hybridized carbons (Fsp3) is 0.923. The standard InChI is InChI=1S/C13H27N3O2/c1-4-11(2)15-5-7-16(8-6-15)13(17)9-12(10-14)18-3/h11-12H,4-10,14H2,1-3H3. The lowest BCUT2D eigenvalue weighted by atomic mass is 10.1. The second-order valence-corrected chi connectivity index (χ2v) is 4.97. The highest BCUT2D eigenvalue weighted by molar-refractivity contribution is 5.76. The maximum atomic E-state index is 12.0. The van der Waals surface area contributed by atoms with Gasteiger partial charge in [0.15, 0.2) is 0 Å². The Morgan fingerprint density at radius 1 is 1.33 bits per heavy atom. The Morgan fingerprint density at radius 3 is 2.39 bits per heavy atom. The summed E-state index contributed by atoms with van der Waals surface area (Å²) in [5.74, 6) is 0.163. The molecule has 0 aromatic carbocycles. The lowest BCUT2D eigenvalue weighted by Gasteiger charge is -2.38. The van der Waals surface area contributed by atoms with E-state index in [0.29, 0.717) is 19.0 Å². The number of carbonyl (C=O) groups is 1. The number of rotatable bonds is 6. The number of hydrogen-bond acceptors (Lipinski definition) is 4. The lowest BCUT2D eigenvalue weighted by molar-refractivity contribution is -0.135. The Balaban J connectivity index is 2.36. The molecule has 18 heavy (non-hydrogen) atoms. The molecule has 0 bridgehead atoms. The van der Waals surface area contributed by atoms with Crippen LogP contribution >= 0.6 is 0 Å². The van der Waals surface area contributed by atoms with Crippen molar-refractivity contribution in [2.24, 2.45) is 5.73 Å². The van der Waals surface area contributed by atoms with E-state index in [4.69, 9.17) is 10.5 Å². The van der Waals surface area contributed by atoms with Crippen molar-refractivity contribution in [1.82, 2.24) is 9.80 Å². The van der Waals surface area contributed by atoms with Crippen molar-refractivity contribution in [2.45, 2.75) is 38.8 Å². The van der Waals surface area contributed by atoms with Crippen LogP contribution in [-0.4, -0.2) is 67.7 Å². The monoisotopic (exact) mass is 257 g/mol. The number of piperazine rings is 1. The molecule has 0 spiro atoms. The Bertz CT molecular complexity index is 249. The molecule has 1 amide bonds. The van der Waals surface area contributed by atoms with E-state index >= 15 is 0 Å². The van der Waals surface area contributed by atoms with Gasteiger partial charge in [-0.25, -0.2) is 0 Å². The Kier molecular flexibility index (Phi) is 6.60. The molecule has 1 saturated heterocycles. The summed E-state index contributed by atoms with van der Waals surface area (Å²) in [6.45, 7) is 8.44. The summed E-state index contributed by atoms with van der Waals surface area (Å²) in [6.07, 6.45) is 1.41. The first kappa shape index (κ1) is 15.4. The summed E-state index contributed by atoms with van der Waals surface area (Å²) < 4.78 is 5.15. The van der Waals surface area contributed by atoms with Crippen LogP contribution in [0.1, 0.15) is 26.7 Å². The normalized spacial score (nSPS) is 20.8. The van der Waals surface area contributed by atoms with Crippen LogP contribution in [0.5, 0.6) is 0 Å². The Morgan fingerprint density at radius 2 is 1.94 bits per heavy atom. The summed E-state index contributed by atoms with van der Waals surface area (Å²) in [6, 6.07) is 0.609. The highest BCUT2D eigenvalue weighted by Crippen LogP contribution is 2.10. The number of carbonyl (C=O) groups excluding carboxylic acids is 1. The second-order valence-electron chi connectivity index (χ2n) is 4.97. The minimum absolute atomic E-state index is 0.148. The molecule has 0 saturated carbocycles. The van der Waals surface area contributed by atoms with E-state index in [2.05, 4.69) is 18.7 Å². The predicted molar refractivity (Wildman–Crippen MR) is 72.4 cm³/mol. The van der Waals surface area contributed by atoms with Crippen LogP contribution in [0.25, 0.3) is 0 Å². The third kappa shape index (κ3) is 4.23. The molecule has 1 rings (SSSR count). The van der Waals surface area contributed by atoms with Crippen LogP contribution in [0.4, 0.5) is 0 Å². The molecule has 2 unspecified atom stereocenters. The zero-order valence-electron chi connectivity index (χ0n) is 11.9. The molecule has 106 valence electrons. The quantitative estimate of drug-likeness (QED) is 0.743. The van der Waals surface area contributed by atoms with Gasteiger partial charge in [0.25, 0.3) is 0 Å². The highest BCUT2D eigenvalue weighted by Gasteiger charge is 2.24. The molecule has 2 N–H and O–H groups in total. The topological polar surface area (TPSA) is 58.8 Å². The number of amides is 1. The predicted octanol–water partition coefficient (Wildman–Crippen LogP) is 0.293. The maximum Gasteiger partial charge on any atom is 0.225 e. The van der Waals surface area contributed by atoms with Gasteiger partial charge in [-0.3, -0.25) is 9.69 Å². The van der Waals surface area contributed by atoms with Crippen molar-refractivity contribution >= 4 is 5.91 Å². The van der Waals surface area contributed by atoms with Gasteiger partial charge in [-0.15, -0.1) is 0 Å². The minimum Gasteiger partial charge on any atom is -0.380 e. The molecule has 0 aromatic heterocycles. The molecule has 1 heterocycles. The number of methoxy groups -OCH3 is 1. The fourth-order valence-corrected chi connectivity index (χ4v) is 2.26. The van der Waals surface area contributed by atoms with Crippen molar-refractivity contribution < 1.29 is 9.53 Å². The smallest absolute Gasteiger partial charge is 0.225 e. The van der Waals surface area contributed by atoms with Crippen LogP contribution in [0, 0.1) is 0 Å². The van der Waals surface area contributed by atoms with Gasteiger partial charge in [0, 0.05) is 45.9 Å². The van der Waals surface area contributed by atoms with Crippen molar-refractivity contribution in [3.05, 3.63) is 0 Å². The van der Waals surface area contributed by atoms with E-state index in [1.165, 1.54) is 0 Å². The molecule has 0 aliphatic carbocycles. The van der Waals surface area contributed by atoms with Crippen molar-refractivity contribution in [3.8, 4) is 0 Å². The zero-order chi connectivity index (χ0) is 13.5.